The molecule has 2 unspecified atom stereocenters. The van der Waals surface area contributed by atoms with E-state index >= 15 is 0 Å². The summed E-state index contributed by atoms with van der Waals surface area (Å²) in [6.45, 7) is 4.08. The molecular formula is C14H19ClN2O2. The van der Waals surface area contributed by atoms with Crippen LogP contribution in [0.3, 0.4) is 0 Å². The molecule has 0 aromatic heterocycles. The predicted molar refractivity (Wildman–Crippen MR) is 74.8 cm³/mol. The van der Waals surface area contributed by atoms with Gasteiger partial charge in [-0.2, -0.15) is 0 Å². The van der Waals surface area contributed by atoms with E-state index in [2.05, 4.69) is 18.9 Å². The molecule has 0 bridgehead atoms. The number of ether oxygens (including phenoxy) is 2. The van der Waals surface area contributed by atoms with Crippen LogP contribution in [-0.4, -0.2) is 31.8 Å². The standard InChI is InChI=1S/C14H19ClN2O2/c1-8-13(11-3-9(5-16)6-17(11)2)10(15)4-12-14(8)19-7-18-12/h4,9,11H,3,5-7,16H2,1-2H3. The SMILES string of the molecule is Cc1c2c(cc(Cl)c1C1CC(CN)CN1C)OCO2. The van der Waals surface area contributed by atoms with Gasteiger partial charge in [0.15, 0.2) is 11.5 Å². The van der Waals surface area contributed by atoms with Crippen LogP contribution in [0, 0.1) is 12.8 Å². The number of benzene rings is 1. The number of halogens is 1. The van der Waals surface area contributed by atoms with Gasteiger partial charge in [0.25, 0.3) is 0 Å². The van der Waals surface area contributed by atoms with Crippen molar-refractivity contribution in [1.29, 1.82) is 0 Å². The third kappa shape index (κ3) is 2.08. The molecule has 0 amide bonds. The summed E-state index contributed by atoms with van der Waals surface area (Å²) < 4.78 is 11.0. The predicted octanol–water partition coefficient (Wildman–Crippen LogP) is 2.33. The molecule has 0 radical (unpaired) electrons. The van der Waals surface area contributed by atoms with E-state index in [1.165, 1.54) is 0 Å². The Morgan fingerprint density at radius 3 is 2.95 bits per heavy atom. The van der Waals surface area contributed by atoms with E-state index in [1.54, 1.807) is 0 Å². The molecule has 5 heteroatoms. The second-order valence-corrected chi connectivity index (χ2v) is 5.83. The molecule has 1 saturated heterocycles. The maximum absolute atomic E-state index is 6.46. The highest BCUT2D eigenvalue weighted by molar-refractivity contribution is 6.31. The molecule has 2 aliphatic heterocycles. The summed E-state index contributed by atoms with van der Waals surface area (Å²) in [6, 6.07) is 2.19. The molecule has 1 aromatic rings. The maximum Gasteiger partial charge on any atom is 0.231 e. The first-order valence-corrected chi connectivity index (χ1v) is 6.98. The van der Waals surface area contributed by atoms with Crippen LogP contribution in [0.1, 0.15) is 23.6 Å². The van der Waals surface area contributed by atoms with Gasteiger partial charge in [-0.1, -0.05) is 11.6 Å². The minimum atomic E-state index is 0.280. The second kappa shape index (κ2) is 4.85. The van der Waals surface area contributed by atoms with Crippen molar-refractivity contribution >= 4 is 11.6 Å². The van der Waals surface area contributed by atoms with Gasteiger partial charge in [-0.25, -0.2) is 0 Å². The molecule has 2 aliphatic rings. The number of rotatable bonds is 2. The number of nitrogens with zero attached hydrogens (tertiary/aromatic N) is 1. The first-order chi connectivity index (χ1) is 9.11. The van der Waals surface area contributed by atoms with E-state index < -0.39 is 0 Å². The average molecular weight is 283 g/mol. The topological polar surface area (TPSA) is 47.7 Å². The Bertz CT molecular complexity index is 507. The molecule has 1 aromatic carbocycles. The van der Waals surface area contributed by atoms with Crippen molar-refractivity contribution in [2.45, 2.75) is 19.4 Å². The third-order valence-electron chi connectivity index (χ3n) is 4.20. The first-order valence-electron chi connectivity index (χ1n) is 6.60. The number of hydrogen-bond acceptors (Lipinski definition) is 4. The van der Waals surface area contributed by atoms with E-state index in [0.717, 1.165) is 47.2 Å². The van der Waals surface area contributed by atoms with Crippen LogP contribution < -0.4 is 15.2 Å². The Labute approximate surface area is 118 Å². The molecule has 0 aliphatic carbocycles. The fourth-order valence-corrected chi connectivity index (χ4v) is 3.57. The highest BCUT2D eigenvalue weighted by Gasteiger charge is 2.34. The lowest BCUT2D eigenvalue weighted by atomic mass is 9.95. The molecule has 4 nitrogen and oxygen atoms in total. The van der Waals surface area contributed by atoms with Gasteiger partial charge in [0.2, 0.25) is 6.79 Å². The summed E-state index contributed by atoms with van der Waals surface area (Å²) >= 11 is 6.46. The molecular weight excluding hydrogens is 264 g/mol. The quantitative estimate of drug-likeness (QED) is 0.904. The second-order valence-electron chi connectivity index (χ2n) is 5.42. The third-order valence-corrected chi connectivity index (χ3v) is 4.52. The lowest BCUT2D eigenvalue weighted by Gasteiger charge is -2.23. The van der Waals surface area contributed by atoms with Crippen LogP contribution in [0.25, 0.3) is 0 Å². The van der Waals surface area contributed by atoms with Gasteiger partial charge in [0.05, 0.1) is 0 Å². The Kier molecular flexibility index (Phi) is 3.33. The molecule has 104 valence electrons. The largest absolute Gasteiger partial charge is 0.454 e. The molecule has 0 spiro atoms. The number of fused-ring (bicyclic) bond motifs is 1. The van der Waals surface area contributed by atoms with Gasteiger partial charge >= 0.3 is 0 Å². The zero-order chi connectivity index (χ0) is 13.6. The Hall–Kier alpha value is -0.970. The van der Waals surface area contributed by atoms with Crippen LogP contribution in [0.4, 0.5) is 0 Å². The smallest absolute Gasteiger partial charge is 0.231 e. The summed E-state index contributed by atoms with van der Waals surface area (Å²) in [5.41, 5.74) is 8.05. The summed E-state index contributed by atoms with van der Waals surface area (Å²) in [5, 5.41) is 0.760. The van der Waals surface area contributed by atoms with Crippen molar-refractivity contribution in [2.75, 3.05) is 26.9 Å². The van der Waals surface area contributed by atoms with E-state index in [9.17, 15) is 0 Å². The minimum Gasteiger partial charge on any atom is -0.454 e. The summed E-state index contributed by atoms with van der Waals surface area (Å²) in [4.78, 5) is 2.33. The number of nitrogens with two attached hydrogens (primary N) is 1. The summed E-state index contributed by atoms with van der Waals surface area (Å²) in [6.07, 6.45) is 1.05. The monoisotopic (exact) mass is 282 g/mol. The van der Waals surface area contributed by atoms with Gasteiger partial charge in [-0.15, -0.1) is 0 Å². The maximum atomic E-state index is 6.46. The molecule has 2 N–H and O–H groups in total. The zero-order valence-corrected chi connectivity index (χ0v) is 12.0. The minimum absolute atomic E-state index is 0.280. The van der Waals surface area contributed by atoms with Gasteiger partial charge in [0, 0.05) is 29.2 Å². The van der Waals surface area contributed by atoms with Crippen molar-refractivity contribution < 1.29 is 9.47 Å². The van der Waals surface area contributed by atoms with E-state index in [1.807, 2.05) is 6.07 Å². The van der Waals surface area contributed by atoms with Gasteiger partial charge < -0.3 is 15.2 Å². The molecule has 2 atom stereocenters. The average Bonchev–Trinajstić information content (AvgIpc) is 2.96. The van der Waals surface area contributed by atoms with Crippen molar-refractivity contribution in [2.24, 2.45) is 11.7 Å². The highest BCUT2D eigenvalue weighted by atomic mass is 35.5. The molecule has 2 heterocycles. The van der Waals surface area contributed by atoms with Crippen LogP contribution in [-0.2, 0) is 0 Å². The molecule has 19 heavy (non-hydrogen) atoms. The van der Waals surface area contributed by atoms with Crippen molar-refractivity contribution in [3.05, 3.63) is 22.2 Å². The molecule has 3 rings (SSSR count). The lowest BCUT2D eigenvalue weighted by molar-refractivity contribution is 0.173. The van der Waals surface area contributed by atoms with Gasteiger partial charge in [-0.3, -0.25) is 4.90 Å². The van der Waals surface area contributed by atoms with Gasteiger partial charge in [-0.05, 0) is 38.4 Å². The van der Waals surface area contributed by atoms with Crippen molar-refractivity contribution in [1.82, 2.24) is 4.90 Å². The Balaban J connectivity index is 2.01. The van der Waals surface area contributed by atoms with Crippen LogP contribution in [0.2, 0.25) is 5.02 Å². The highest BCUT2D eigenvalue weighted by Crippen LogP contribution is 2.46. The van der Waals surface area contributed by atoms with Crippen LogP contribution in [0.15, 0.2) is 6.07 Å². The number of likely N-dealkylation sites (tertiary alicyclic amines) is 1. The Morgan fingerprint density at radius 2 is 2.26 bits per heavy atom. The Morgan fingerprint density at radius 1 is 1.47 bits per heavy atom. The summed E-state index contributed by atoms with van der Waals surface area (Å²) in [7, 11) is 2.13. The summed E-state index contributed by atoms with van der Waals surface area (Å²) in [5.74, 6) is 2.13. The molecule has 1 fully saturated rings. The lowest BCUT2D eigenvalue weighted by Crippen LogP contribution is -2.21. The van der Waals surface area contributed by atoms with Crippen molar-refractivity contribution in [3.8, 4) is 11.5 Å². The fourth-order valence-electron chi connectivity index (χ4n) is 3.21. The van der Waals surface area contributed by atoms with E-state index in [0.29, 0.717) is 12.0 Å². The normalized spacial score (nSPS) is 26.1. The van der Waals surface area contributed by atoms with E-state index in [4.69, 9.17) is 26.8 Å². The molecule has 0 saturated carbocycles. The fraction of sp³-hybridized carbons (Fsp3) is 0.571. The van der Waals surface area contributed by atoms with E-state index in [-0.39, 0.29) is 6.79 Å². The number of hydrogen-bond donors (Lipinski definition) is 1. The van der Waals surface area contributed by atoms with Crippen LogP contribution in [0.5, 0.6) is 11.5 Å². The van der Waals surface area contributed by atoms with Crippen molar-refractivity contribution in [3.63, 3.8) is 0 Å². The van der Waals surface area contributed by atoms with Gasteiger partial charge in [0.1, 0.15) is 0 Å². The van der Waals surface area contributed by atoms with Crippen LogP contribution >= 0.6 is 11.6 Å². The first kappa shape index (κ1) is 13.0. The zero-order valence-electron chi connectivity index (χ0n) is 11.3.